The number of rotatable bonds is 4. The Morgan fingerprint density at radius 2 is 2.21 bits per heavy atom. The molecule has 0 saturated carbocycles. The second kappa shape index (κ2) is 5.27. The summed E-state index contributed by atoms with van der Waals surface area (Å²) in [5.74, 6) is 0.862. The van der Waals surface area contributed by atoms with Crippen molar-refractivity contribution >= 4 is 12.0 Å². The van der Waals surface area contributed by atoms with Gasteiger partial charge in [-0.1, -0.05) is 6.07 Å². The lowest BCUT2D eigenvalue weighted by Crippen LogP contribution is -2.06. The summed E-state index contributed by atoms with van der Waals surface area (Å²) in [4.78, 5) is 6.17. The lowest BCUT2D eigenvalue weighted by molar-refractivity contribution is 0.340. The molecule has 3 heteroatoms. The number of nitrogens with zero attached hydrogens (tertiary/aromatic N) is 2. The van der Waals surface area contributed by atoms with Gasteiger partial charge in [0.05, 0.1) is 18.6 Å². The molecule has 1 aromatic rings. The number of hydrogen-bond acceptors (Lipinski definition) is 2. The summed E-state index contributed by atoms with van der Waals surface area (Å²) in [5.41, 5.74) is 0.907. The minimum atomic E-state index is 0.681. The fraction of sp³-hybridized carbons (Fsp3) is 0.364. The van der Waals surface area contributed by atoms with Crippen LogP contribution in [0.4, 0.5) is 5.69 Å². The highest BCUT2D eigenvalue weighted by Gasteiger charge is 1.93. The fourth-order valence-corrected chi connectivity index (χ4v) is 1.00. The molecular weight excluding hydrogens is 176 g/mol. The number of hydrogen-bond donors (Lipinski definition) is 0. The first-order valence-corrected chi connectivity index (χ1v) is 4.66. The van der Waals surface area contributed by atoms with E-state index in [1.807, 2.05) is 50.2 Å². The molecule has 0 aliphatic rings. The van der Waals surface area contributed by atoms with Crippen LogP contribution in [-0.4, -0.2) is 31.9 Å². The van der Waals surface area contributed by atoms with Crippen LogP contribution in [0, 0.1) is 0 Å². The van der Waals surface area contributed by atoms with E-state index in [0.717, 1.165) is 11.4 Å². The minimum absolute atomic E-state index is 0.681. The summed E-state index contributed by atoms with van der Waals surface area (Å²) in [6.45, 7) is 2.65. The predicted molar refractivity (Wildman–Crippen MR) is 59.5 cm³/mol. The van der Waals surface area contributed by atoms with Crippen molar-refractivity contribution < 1.29 is 4.74 Å². The first-order chi connectivity index (χ1) is 6.72. The lowest BCUT2D eigenvalue weighted by atomic mass is 10.3. The third kappa shape index (κ3) is 3.47. The van der Waals surface area contributed by atoms with Gasteiger partial charge in [-0.3, -0.25) is 0 Å². The molecule has 0 heterocycles. The largest absolute Gasteiger partial charge is 0.494 e. The molecule has 14 heavy (non-hydrogen) atoms. The maximum Gasteiger partial charge on any atom is 0.121 e. The first kappa shape index (κ1) is 10.6. The average molecular weight is 192 g/mol. The third-order valence-electron chi connectivity index (χ3n) is 1.57. The van der Waals surface area contributed by atoms with Crippen molar-refractivity contribution in [3.05, 3.63) is 24.3 Å². The SMILES string of the molecule is CCOc1cccc(N=CN(C)C)c1. The molecule has 0 spiro atoms. The van der Waals surface area contributed by atoms with Gasteiger partial charge in [0, 0.05) is 20.2 Å². The highest BCUT2D eigenvalue weighted by atomic mass is 16.5. The molecule has 0 radical (unpaired) electrons. The molecule has 0 N–H and O–H groups in total. The van der Waals surface area contributed by atoms with Crippen LogP contribution >= 0.6 is 0 Å². The van der Waals surface area contributed by atoms with Crippen LogP contribution in [0.5, 0.6) is 5.75 Å². The molecule has 1 aromatic carbocycles. The van der Waals surface area contributed by atoms with Gasteiger partial charge in [-0.15, -0.1) is 0 Å². The quantitative estimate of drug-likeness (QED) is 0.540. The molecule has 1 rings (SSSR count). The molecule has 0 unspecified atom stereocenters. The van der Waals surface area contributed by atoms with E-state index in [4.69, 9.17) is 4.74 Å². The molecular formula is C11H16N2O. The van der Waals surface area contributed by atoms with E-state index >= 15 is 0 Å². The van der Waals surface area contributed by atoms with Crippen LogP contribution in [0.15, 0.2) is 29.3 Å². The Kier molecular flexibility index (Phi) is 3.98. The van der Waals surface area contributed by atoms with Crippen LogP contribution in [0.1, 0.15) is 6.92 Å². The van der Waals surface area contributed by atoms with Crippen molar-refractivity contribution in [3.8, 4) is 5.75 Å². The molecule has 0 aliphatic carbocycles. The van der Waals surface area contributed by atoms with Crippen LogP contribution < -0.4 is 4.74 Å². The Hall–Kier alpha value is -1.51. The van der Waals surface area contributed by atoms with E-state index in [1.54, 1.807) is 6.34 Å². The molecule has 0 fully saturated rings. The standard InChI is InChI=1S/C11H16N2O/c1-4-14-11-7-5-6-10(8-11)12-9-13(2)3/h5-9H,4H2,1-3H3. The van der Waals surface area contributed by atoms with Crippen molar-refractivity contribution in [1.29, 1.82) is 0 Å². The summed E-state index contributed by atoms with van der Waals surface area (Å²) in [7, 11) is 3.88. The zero-order valence-electron chi connectivity index (χ0n) is 8.90. The Morgan fingerprint density at radius 3 is 2.86 bits per heavy atom. The van der Waals surface area contributed by atoms with E-state index in [9.17, 15) is 0 Å². The number of benzene rings is 1. The Morgan fingerprint density at radius 1 is 1.43 bits per heavy atom. The summed E-state index contributed by atoms with van der Waals surface area (Å²) in [6.07, 6.45) is 1.77. The van der Waals surface area contributed by atoms with Crippen LogP contribution in [0.25, 0.3) is 0 Å². The molecule has 0 amide bonds. The Balaban J connectivity index is 2.73. The van der Waals surface area contributed by atoms with Gasteiger partial charge < -0.3 is 9.64 Å². The van der Waals surface area contributed by atoms with Crippen molar-refractivity contribution in [2.75, 3.05) is 20.7 Å². The van der Waals surface area contributed by atoms with Crippen molar-refractivity contribution in [2.24, 2.45) is 4.99 Å². The second-order valence-corrected chi connectivity index (χ2v) is 3.14. The molecule has 0 saturated heterocycles. The summed E-state index contributed by atoms with van der Waals surface area (Å²) in [5, 5.41) is 0. The van der Waals surface area contributed by atoms with Gasteiger partial charge in [-0.25, -0.2) is 4.99 Å². The molecule has 76 valence electrons. The van der Waals surface area contributed by atoms with Gasteiger partial charge in [0.15, 0.2) is 0 Å². The van der Waals surface area contributed by atoms with Crippen molar-refractivity contribution in [3.63, 3.8) is 0 Å². The van der Waals surface area contributed by atoms with Gasteiger partial charge in [-0.2, -0.15) is 0 Å². The Bertz CT molecular complexity index is 308. The molecule has 0 bridgehead atoms. The zero-order chi connectivity index (χ0) is 10.4. The summed E-state index contributed by atoms with van der Waals surface area (Å²) >= 11 is 0. The van der Waals surface area contributed by atoms with Crippen LogP contribution in [-0.2, 0) is 0 Å². The molecule has 0 atom stereocenters. The normalized spacial score (nSPS) is 10.5. The minimum Gasteiger partial charge on any atom is -0.494 e. The highest BCUT2D eigenvalue weighted by Crippen LogP contribution is 2.19. The summed E-state index contributed by atoms with van der Waals surface area (Å²) < 4.78 is 5.37. The van der Waals surface area contributed by atoms with E-state index in [1.165, 1.54) is 0 Å². The first-order valence-electron chi connectivity index (χ1n) is 4.66. The van der Waals surface area contributed by atoms with Crippen LogP contribution in [0.2, 0.25) is 0 Å². The topological polar surface area (TPSA) is 24.8 Å². The summed E-state index contributed by atoms with van der Waals surface area (Å²) in [6, 6.07) is 7.73. The monoisotopic (exact) mass is 192 g/mol. The third-order valence-corrected chi connectivity index (χ3v) is 1.57. The number of ether oxygens (including phenoxy) is 1. The van der Waals surface area contributed by atoms with Gasteiger partial charge >= 0.3 is 0 Å². The maximum absolute atomic E-state index is 5.37. The molecule has 0 aromatic heterocycles. The van der Waals surface area contributed by atoms with Crippen molar-refractivity contribution in [2.45, 2.75) is 6.92 Å². The lowest BCUT2D eigenvalue weighted by Gasteiger charge is -2.04. The highest BCUT2D eigenvalue weighted by molar-refractivity contribution is 5.61. The van der Waals surface area contributed by atoms with Crippen molar-refractivity contribution in [1.82, 2.24) is 4.90 Å². The average Bonchev–Trinajstić information content (AvgIpc) is 2.16. The van der Waals surface area contributed by atoms with Gasteiger partial charge in [0.2, 0.25) is 0 Å². The smallest absolute Gasteiger partial charge is 0.121 e. The van der Waals surface area contributed by atoms with Gasteiger partial charge in [0.1, 0.15) is 5.75 Å². The Labute approximate surface area is 85.0 Å². The zero-order valence-corrected chi connectivity index (χ0v) is 8.90. The molecule has 3 nitrogen and oxygen atoms in total. The van der Waals surface area contributed by atoms with E-state index < -0.39 is 0 Å². The van der Waals surface area contributed by atoms with E-state index in [0.29, 0.717) is 6.61 Å². The van der Waals surface area contributed by atoms with Gasteiger partial charge in [-0.05, 0) is 19.1 Å². The maximum atomic E-state index is 5.37. The van der Waals surface area contributed by atoms with Crippen LogP contribution in [0.3, 0.4) is 0 Å². The fourth-order valence-electron chi connectivity index (χ4n) is 1.00. The van der Waals surface area contributed by atoms with E-state index in [-0.39, 0.29) is 0 Å². The molecule has 0 aliphatic heterocycles. The predicted octanol–water partition coefficient (Wildman–Crippen LogP) is 2.31. The van der Waals surface area contributed by atoms with E-state index in [2.05, 4.69) is 4.99 Å². The second-order valence-electron chi connectivity index (χ2n) is 3.14. The number of aliphatic imine (C=N–C) groups is 1. The van der Waals surface area contributed by atoms with Gasteiger partial charge in [0.25, 0.3) is 0 Å².